The molecule has 0 saturated heterocycles. The highest BCUT2D eigenvalue weighted by molar-refractivity contribution is 9.10. The number of benzene rings is 2. The van der Waals surface area contributed by atoms with Crippen molar-refractivity contribution in [2.45, 2.75) is 39.4 Å². The van der Waals surface area contributed by atoms with Crippen LogP contribution in [0.3, 0.4) is 0 Å². The third kappa shape index (κ3) is 7.36. The number of anilines is 1. The van der Waals surface area contributed by atoms with Gasteiger partial charge < -0.3 is 10.2 Å². The van der Waals surface area contributed by atoms with Crippen LogP contribution in [0.1, 0.15) is 26.3 Å². The van der Waals surface area contributed by atoms with Crippen molar-refractivity contribution < 1.29 is 18.0 Å². The van der Waals surface area contributed by atoms with Crippen molar-refractivity contribution in [2.75, 3.05) is 17.1 Å². The third-order valence-electron chi connectivity index (χ3n) is 4.57. The van der Waals surface area contributed by atoms with E-state index in [-0.39, 0.29) is 18.5 Å². The van der Waals surface area contributed by atoms with Gasteiger partial charge in [-0.2, -0.15) is 0 Å². The monoisotopic (exact) mass is 509 g/mol. The lowest BCUT2D eigenvalue weighted by Crippen LogP contribution is -2.52. The lowest BCUT2D eigenvalue weighted by atomic mass is 10.1. The van der Waals surface area contributed by atoms with Gasteiger partial charge in [0.1, 0.15) is 12.6 Å². The number of nitrogens with one attached hydrogen (secondary N) is 1. The first-order valence-electron chi connectivity index (χ1n) is 9.86. The molecule has 0 saturated carbocycles. The number of amides is 2. The van der Waals surface area contributed by atoms with Gasteiger partial charge in [-0.15, -0.1) is 0 Å². The molecule has 0 radical (unpaired) electrons. The quantitative estimate of drug-likeness (QED) is 0.562. The molecule has 168 valence electrons. The Balaban J connectivity index is 2.36. The van der Waals surface area contributed by atoms with Crippen molar-refractivity contribution in [1.82, 2.24) is 10.2 Å². The van der Waals surface area contributed by atoms with E-state index < -0.39 is 28.5 Å². The van der Waals surface area contributed by atoms with E-state index in [0.29, 0.717) is 10.2 Å². The van der Waals surface area contributed by atoms with Crippen molar-refractivity contribution >= 4 is 43.5 Å². The SMILES string of the molecule is CC(C)NC(=O)[C@H](C)N(Cc1ccccc1)C(=O)CN(c1cccc(Br)c1)S(C)(=O)=O. The third-order valence-corrected chi connectivity index (χ3v) is 6.20. The van der Waals surface area contributed by atoms with Crippen molar-refractivity contribution in [3.05, 3.63) is 64.6 Å². The van der Waals surface area contributed by atoms with Gasteiger partial charge >= 0.3 is 0 Å². The highest BCUT2D eigenvalue weighted by Crippen LogP contribution is 2.23. The van der Waals surface area contributed by atoms with Gasteiger partial charge in [-0.1, -0.05) is 52.3 Å². The Morgan fingerprint density at radius 3 is 2.23 bits per heavy atom. The standard InChI is InChI=1S/C22H28BrN3O4S/c1-16(2)24-22(28)17(3)25(14-18-9-6-5-7-10-18)21(27)15-26(31(4,29)30)20-12-8-11-19(23)13-20/h5-13,16-17H,14-15H2,1-4H3,(H,24,28)/t17-/m0/s1. The molecule has 1 atom stereocenters. The largest absolute Gasteiger partial charge is 0.352 e. The average molecular weight is 510 g/mol. The van der Waals surface area contributed by atoms with Gasteiger partial charge in [0.05, 0.1) is 11.9 Å². The van der Waals surface area contributed by atoms with Gasteiger partial charge in [0, 0.05) is 17.1 Å². The first-order chi connectivity index (χ1) is 14.5. The molecule has 0 spiro atoms. The molecule has 0 aliphatic carbocycles. The fraction of sp³-hybridized carbons (Fsp3) is 0.364. The van der Waals surface area contributed by atoms with E-state index in [2.05, 4.69) is 21.2 Å². The molecule has 9 heteroatoms. The first-order valence-corrected chi connectivity index (χ1v) is 12.5. The van der Waals surface area contributed by atoms with Crippen LogP contribution >= 0.6 is 15.9 Å². The normalized spacial score (nSPS) is 12.3. The van der Waals surface area contributed by atoms with E-state index in [4.69, 9.17) is 0 Å². The number of hydrogen-bond acceptors (Lipinski definition) is 4. The van der Waals surface area contributed by atoms with E-state index in [1.54, 1.807) is 31.2 Å². The van der Waals surface area contributed by atoms with Gasteiger partial charge in [-0.05, 0) is 44.5 Å². The number of carbonyl (C=O) groups is 2. The summed E-state index contributed by atoms with van der Waals surface area (Å²) < 4.78 is 26.7. The minimum atomic E-state index is -3.74. The minimum Gasteiger partial charge on any atom is -0.352 e. The zero-order valence-electron chi connectivity index (χ0n) is 18.1. The van der Waals surface area contributed by atoms with Crippen LogP contribution in [0.15, 0.2) is 59.1 Å². The van der Waals surface area contributed by atoms with Crippen LogP contribution in [0.4, 0.5) is 5.69 Å². The summed E-state index contributed by atoms with van der Waals surface area (Å²) in [6.45, 7) is 5.09. The Morgan fingerprint density at radius 1 is 1.03 bits per heavy atom. The molecule has 0 heterocycles. The first kappa shape index (κ1) is 24.9. The molecule has 31 heavy (non-hydrogen) atoms. The molecule has 2 aromatic carbocycles. The Morgan fingerprint density at radius 2 is 1.68 bits per heavy atom. The van der Waals surface area contributed by atoms with Gasteiger partial charge in [0.2, 0.25) is 21.8 Å². The van der Waals surface area contributed by atoms with Crippen LogP contribution in [0.25, 0.3) is 0 Å². The highest BCUT2D eigenvalue weighted by Gasteiger charge is 2.30. The van der Waals surface area contributed by atoms with Crippen LogP contribution in [-0.4, -0.2) is 50.0 Å². The molecule has 0 fully saturated rings. The topological polar surface area (TPSA) is 86.8 Å². The predicted molar refractivity (Wildman–Crippen MR) is 126 cm³/mol. The lowest BCUT2D eigenvalue weighted by Gasteiger charge is -2.32. The summed E-state index contributed by atoms with van der Waals surface area (Å²) in [5, 5.41) is 2.82. The summed E-state index contributed by atoms with van der Waals surface area (Å²) >= 11 is 3.33. The van der Waals surface area contributed by atoms with E-state index in [1.165, 1.54) is 4.90 Å². The van der Waals surface area contributed by atoms with Gasteiger partial charge in [0.15, 0.2) is 0 Å². The van der Waals surface area contributed by atoms with Crippen LogP contribution in [0.2, 0.25) is 0 Å². The summed E-state index contributed by atoms with van der Waals surface area (Å²) in [6, 6.07) is 15.1. The van der Waals surface area contributed by atoms with Gasteiger partial charge in [-0.3, -0.25) is 13.9 Å². The number of hydrogen-bond donors (Lipinski definition) is 1. The van der Waals surface area contributed by atoms with E-state index in [0.717, 1.165) is 16.1 Å². The summed E-state index contributed by atoms with van der Waals surface area (Å²) in [5.74, 6) is -0.770. The molecular weight excluding hydrogens is 482 g/mol. The molecule has 2 amide bonds. The summed E-state index contributed by atoms with van der Waals surface area (Å²) in [5.41, 5.74) is 1.21. The minimum absolute atomic E-state index is 0.0854. The maximum Gasteiger partial charge on any atom is 0.244 e. The summed E-state index contributed by atoms with van der Waals surface area (Å²) in [4.78, 5) is 27.4. The van der Waals surface area contributed by atoms with Crippen molar-refractivity contribution in [1.29, 1.82) is 0 Å². The predicted octanol–water partition coefficient (Wildman–Crippen LogP) is 3.16. The molecule has 0 bridgehead atoms. The second-order valence-electron chi connectivity index (χ2n) is 7.60. The molecule has 0 aromatic heterocycles. The van der Waals surface area contributed by atoms with Crippen LogP contribution < -0.4 is 9.62 Å². The summed E-state index contributed by atoms with van der Waals surface area (Å²) in [7, 11) is -3.74. The fourth-order valence-corrected chi connectivity index (χ4v) is 4.24. The zero-order valence-corrected chi connectivity index (χ0v) is 20.5. The molecule has 7 nitrogen and oxygen atoms in total. The lowest BCUT2D eigenvalue weighted by molar-refractivity contribution is -0.139. The Labute approximate surface area is 192 Å². The van der Waals surface area contributed by atoms with Crippen LogP contribution in [0.5, 0.6) is 0 Å². The molecule has 2 rings (SSSR count). The average Bonchev–Trinajstić information content (AvgIpc) is 2.69. The highest BCUT2D eigenvalue weighted by atomic mass is 79.9. The van der Waals surface area contributed by atoms with E-state index in [9.17, 15) is 18.0 Å². The summed E-state index contributed by atoms with van der Waals surface area (Å²) in [6.07, 6.45) is 1.05. The number of nitrogens with zero attached hydrogens (tertiary/aromatic N) is 2. The molecule has 1 N–H and O–H groups in total. The maximum atomic E-state index is 13.3. The Bertz CT molecular complexity index is 1010. The second-order valence-corrected chi connectivity index (χ2v) is 10.4. The molecule has 2 aromatic rings. The van der Waals surface area contributed by atoms with Gasteiger partial charge in [0.25, 0.3) is 0 Å². The molecule has 0 aliphatic rings. The van der Waals surface area contributed by atoms with Crippen LogP contribution in [-0.2, 0) is 26.2 Å². The maximum absolute atomic E-state index is 13.3. The zero-order chi connectivity index (χ0) is 23.2. The van der Waals surface area contributed by atoms with Crippen molar-refractivity contribution in [2.24, 2.45) is 0 Å². The second kappa shape index (κ2) is 10.8. The molecular formula is C22H28BrN3O4S. The van der Waals surface area contributed by atoms with Crippen molar-refractivity contribution in [3.63, 3.8) is 0 Å². The Kier molecular flexibility index (Phi) is 8.64. The number of sulfonamides is 1. The number of carbonyl (C=O) groups excluding carboxylic acids is 2. The number of halogens is 1. The number of rotatable bonds is 9. The Hall–Kier alpha value is -2.39. The van der Waals surface area contributed by atoms with Gasteiger partial charge in [-0.25, -0.2) is 8.42 Å². The fourth-order valence-electron chi connectivity index (χ4n) is 3.01. The van der Waals surface area contributed by atoms with E-state index in [1.807, 2.05) is 44.2 Å². The smallest absolute Gasteiger partial charge is 0.244 e. The van der Waals surface area contributed by atoms with Crippen molar-refractivity contribution in [3.8, 4) is 0 Å². The van der Waals surface area contributed by atoms with E-state index >= 15 is 0 Å². The molecule has 0 unspecified atom stereocenters. The van der Waals surface area contributed by atoms with Crippen LogP contribution in [0, 0.1) is 0 Å². The molecule has 0 aliphatic heterocycles.